The molecule has 2 aliphatic rings. The zero-order chi connectivity index (χ0) is 11.1. The Morgan fingerprint density at radius 1 is 1.31 bits per heavy atom. The smallest absolute Gasteiger partial charge is 0.0641 e. The maximum atomic E-state index is 6.22. The maximum Gasteiger partial charge on any atom is 0.0641 e. The Balaban J connectivity index is 2.14. The van der Waals surface area contributed by atoms with E-state index in [0.717, 1.165) is 23.7 Å². The van der Waals surface area contributed by atoms with Crippen molar-refractivity contribution in [3.63, 3.8) is 0 Å². The largest absolute Gasteiger partial charge is 0.397 e. The minimum absolute atomic E-state index is 0.436. The number of hydrogen-bond donors (Lipinski definition) is 2. The van der Waals surface area contributed by atoms with Gasteiger partial charge >= 0.3 is 0 Å². The van der Waals surface area contributed by atoms with Crippen molar-refractivity contribution in [1.29, 1.82) is 0 Å². The summed E-state index contributed by atoms with van der Waals surface area (Å²) < 4.78 is 0. The molecule has 0 aromatic heterocycles. The van der Waals surface area contributed by atoms with Crippen LogP contribution in [0.25, 0.3) is 0 Å². The van der Waals surface area contributed by atoms with Crippen LogP contribution in [-0.2, 0) is 12.8 Å². The highest BCUT2D eigenvalue weighted by Crippen LogP contribution is 2.40. The predicted molar refractivity (Wildman–Crippen MR) is 67.9 cm³/mol. The molecule has 16 heavy (non-hydrogen) atoms. The van der Waals surface area contributed by atoms with E-state index < -0.39 is 0 Å². The summed E-state index contributed by atoms with van der Waals surface area (Å²) in [5, 5.41) is 4.27. The van der Waals surface area contributed by atoms with Gasteiger partial charge in [-0.15, -0.1) is 0 Å². The number of rotatable bonds is 1. The average molecular weight is 237 g/mol. The second-order valence-corrected chi connectivity index (χ2v) is 5.23. The summed E-state index contributed by atoms with van der Waals surface area (Å²) in [5.41, 5.74) is 11.2. The van der Waals surface area contributed by atoms with Gasteiger partial charge in [0.05, 0.1) is 10.7 Å². The number of anilines is 1. The van der Waals surface area contributed by atoms with Crippen molar-refractivity contribution in [3.8, 4) is 0 Å². The van der Waals surface area contributed by atoms with E-state index in [1.165, 1.54) is 42.4 Å². The molecule has 1 fully saturated rings. The fourth-order valence-electron chi connectivity index (χ4n) is 3.08. The highest BCUT2D eigenvalue weighted by Gasteiger charge is 2.26. The standard InChI is InChI=1S/C13H17ClN2/c14-10-7-8-3-1-4-9(8)12(13(10)15)11-5-2-6-16-11/h7,11,16H,1-6,15H2/t11-/m0/s1. The van der Waals surface area contributed by atoms with Crippen LogP contribution in [0.15, 0.2) is 6.07 Å². The van der Waals surface area contributed by atoms with Crippen LogP contribution in [-0.4, -0.2) is 6.54 Å². The highest BCUT2D eigenvalue weighted by atomic mass is 35.5. The number of fused-ring (bicyclic) bond motifs is 1. The van der Waals surface area contributed by atoms with Crippen molar-refractivity contribution >= 4 is 17.3 Å². The summed E-state index contributed by atoms with van der Waals surface area (Å²) in [7, 11) is 0. The van der Waals surface area contributed by atoms with Crippen molar-refractivity contribution in [3.05, 3.63) is 27.8 Å². The van der Waals surface area contributed by atoms with Crippen LogP contribution < -0.4 is 11.1 Å². The molecular weight excluding hydrogens is 220 g/mol. The third kappa shape index (κ3) is 1.52. The molecule has 0 radical (unpaired) electrons. The summed E-state index contributed by atoms with van der Waals surface area (Å²) in [6.07, 6.45) is 6.01. The molecule has 1 saturated heterocycles. The Labute approximate surface area is 101 Å². The topological polar surface area (TPSA) is 38.0 Å². The van der Waals surface area contributed by atoms with Crippen LogP contribution in [0.1, 0.15) is 42.0 Å². The maximum absolute atomic E-state index is 6.22. The Hall–Kier alpha value is -0.730. The van der Waals surface area contributed by atoms with E-state index in [0.29, 0.717) is 6.04 Å². The molecule has 0 amide bonds. The lowest BCUT2D eigenvalue weighted by atomic mass is 9.94. The number of aryl methyl sites for hydroxylation is 1. The van der Waals surface area contributed by atoms with Crippen LogP contribution >= 0.6 is 11.6 Å². The highest BCUT2D eigenvalue weighted by molar-refractivity contribution is 6.33. The summed E-state index contributed by atoms with van der Waals surface area (Å²) in [6.45, 7) is 1.10. The fourth-order valence-corrected chi connectivity index (χ4v) is 3.32. The zero-order valence-electron chi connectivity index (χ0n) is 9.35. The van der Waals surface area contributed by atoms with Crippen molar-refractivity contribution in [2.24, 2.45) is 0 Å². The fraction of sp³-hybridized carbons (Fsp3) is 0.538. The Morgan fingerprint density at radius 2 is 2.19 bits per heavy atom. The van der Waals surface area contributed by atoms with Gasteiger partial charge in [-0.25, -0.2) is 0 Å². The van der Waals surface area contributed by atoms with Gasteiger partial charge in [0.25, 0.3) is 0 Å². The Kier molecular flexibility index (Phi) is 2.56. The molecular formula is C13H17ClN2. The number of benzene rings is 1. The molecule has 1 heterocycles. The molecule has 86 valence electrons. The van der Waals surface area contributed by atoms with Crippen molar-refractivity contribution in [2.75, 3.05) is 12.3 Å². The van der Waals surface area contributed by atoms with E-state index in [1.54, 1.807) is 0 Å². The van der Waals surface area contributed by atoms with Gasteiger partial charge in [0.15, 0.2) is 0 Å². The van der Waals surface area contributed by atoms with Gasteiger partial charge in [-0.2, -0.15) is 0 Å². The van der Waals surface area contributed by atoms with Gasteiger partial charge in [0, 0.05) is 6.04 Å². The van der Waals surface area contributed by atoms with Crippen molar-refractivity contribution in [2.45, 2.75) is 38.1 Å². The first kappa shape index (κ1) is 10.4. The van der Waals surface area contributed by atoms with Crippen molar-refractivity contribution < 1.29 is 0 Å². The van der Waals surface area contributed by atoms with Gasteiger partial charge in [-0.05, 0) is 61.4 Å². The monoisotopic (exact) mass is 236 g/mol. The summed E-state index contributed by atoms with van der Waals surface area (Å²) in [6, 6.07) is 2.50. The van der Waals surface area contributed by atoms with Gasteiger partial charge in [-0.1, -0.05) is 11.6 Å². The van der Waals surface area contributed by atoms with Crippen LogP contribution in [0.4, 0.5) is 5.69 Å². The Bertz CT molecular complexity index is 422. The lowest BCUT2D eigenvalue weighted by molar-refractivity contribution is 0.643. The summed E-state index contributed by atoms with van der Waals surface area (Å²) >= 11 is 6.22. The van der Waals surface area contributed by atoms with Crippen LogP contribution in [0, 0.1) is 0 Å². The molecule has 1 aromatic carbocycles. The van der Waals surface area contributed by atoms with E-state index >= 15 is 0 Å². The molecule has 0 unspecified atom stereocenters. The van der Waals surface area contributed by atoms with E-state index in [9.17, 15) is 0 Å². The number of nitrogens with two attached hydrogens (primary N) is 1. The molecule has 0 spiro atoms. The first-order valence-electron chi connectivity index (χ1n) is 6.10. The van der Waals surface area contributed by atoms with Crippen LogP contribution in [0.5, 0.6) is 0 Å². The zero-order valence-corrected chi connectivity index (χ0v) is 10.1. The molecule has 1 aliphatic heterocycles. The first-order valence-corrected chi connectivity index (χ1v) is 6.48. The van der Waals surface area contributed by atoms with Gasteiger partial charge in [0.2, 0.25) is 0 Å². The lowest BCUT2D eigenvalue weighted by Gasteiger charge is -2.19. The molecule has 3 rings (SSSR count). The minimum atomic E-state index is 0.436. The molecule has 3 heteroatoms. The van der Waals surface area contributed by atoms with E-state index in [1.807, 2.05) is 0 Å². The van der Waals surface area contributed by atoms with Gasteiger partial charge < -0.3 is 11.1 Å². The Morgan fingerprint density at radius 3 is 2.94 bits per heavy atom. The number of halogens is 1. The second-order valence-electron chi connectivity index (χ2n) is 4.83. The third-order valence-electron chi connectivity index (χ3n) is 3.84. The SMILES string of the molecule is Nc1c(Cl)cc2c(c1[C@@H]1CCCN1)CCC2. The molecule has 0 saturated carbocycles. The van der Waals surface area contributed by atoms with Gasteiger partial charge in [0.1, 0.15) is 0 Å². The van der Waals surface area contributed by atoms with E-state index in [4.69, 9.17) is 17.3 Å². The number of nitrogens with one attached hydrogen (secondary N) is 1. The molecule has 1 atom stereocenters. The number of hydrogen-bond acceptors (Lipinski definition) is 2. The van der Waals surface area contributed by atoms with Crippen LogP contribution in [0.3, 0.4) is 0 Å². The molecule has 1 aromatic rings. The number of nitrogen functional groups attached to an aromatic ring is 1. The van der Waals surface area contributed by atoms with Crippen LogP contribution in [0.2, 0.25) is 5.02 Å². The summed E-state index contributed by atoms with van der Waals surface area (Å²) in [5.74, 6) is 0. The second kappa shape index (κ2) is 3.94. The normalized spacial score (nSPS) is 23.7. The van der Waals surface area contributed by atoms with Gasteiger partial charge in [-0.3, -0.25) is 0 Å². The molecule has 3 N–H and O–H groups in total. The third-order valence-corrected chi connectivity index (χ3v) is 4.16. The summed E-state index contributed by atoms with van der Waals surface area (Å²) in [4.78, 5) is 0. The van der Waals surface area contributed by atoms with E-state index in [-0.39, 0.29) is 0 Å². The molecule has 1 aliphatic carbocycles. The quantitative estimate of drug-likeness (QED) is 0.736. The first-order chi connectivity index (χ1) is 7.77. The molecule has 0 bridgehead atoms. The van der Waals surface area contributed by atoms with Crippen molar-refractivity contribution in [1.82, 2.24) is 5.32 Å². The lowest BCUT2D eigenvalue weighted by Crippen LogP contribution is -2.17. The van der Waals surface area contributed by atoms with E-state index in [2.05, 4.69) is 11.4 Å². The average Bonchev–Trinajstić information content (AvgIpc) is 2.89. The minimum Gasteiger partial charge on any atom is -0.397 e. The predicted octanol–water partition coefficient (Wildman–Crippen LogP) is 2.84. The molecule has 2 nitrogen and oxygen atoms in total.